The number of aromatic nitrogens is 1. The van der Waals surface area contributed by atoms with E-state index in [9.17, 15) is 9.59 Å². The molecule has 88 valence electrons. The topological polar surface area (TPSA) is 70.5 Å². The molecule has 0 aromatic carbocycles. The number of hydrogen-bond donors (Lipinski definition) is 1. The molecule has 5 nitrogen and oxygen atoms in total. The monoisotopic (exact) mass is 242 g/mol. The fourth-order valence-corrected chi connectivity index (χ4v) is 2.23. The Balaban J connectivity index is 3.11. The minimum Gasteiger partial charge on any atom is -0.476 e. The van der Waals surface area contributed by atoms with E-state index in [0.717, 1.165) is 24.3 Å². The van der Waals surface area contributed by atoms with Crippen LogP contribution in [0.1, 0.15) is 40.4 Å². The molecule has 1 aromatic heterocycles. The smallest absolute Gasteiger partial charge is 0.356 e. The second-order valence-corrected chi connectivity index (χ2v) is 4.43. The number of carbonyl (C=O) groups excluding carboxylic acids is 1. The van der Waals surface area contributed by atoms with E-state index in [4.69, 9.17) is 5.11 Å². The molecule has 0 saturated heterocycles. The first kappa shape index (κ1) is 12.6. The number of hydrogen-bond acceptors (Lipinski definition) is 5. The molecule has 0 fully saturated rings. The number of anilines is 1. The van der Waals surface area contributed by atoms with Gasteiger partial charge in [-0.05, 0) is 6.42 Å². The summed E-state index contributed by atoms with van der Waals surface area (Å²) in [4.78, 5) is 28.2. The zero-order valence-electron chi connectivity index (χ0n) is 9.48. The fraction of sp³-hybridized carbons (Fsp3) is 0.500. The lowest BCUT2D eigenvalue weighted by Gasteiger charge is -2.13. The Kier molecular flexibility index (Phi) is 4.00. The number of Topliss-reactive ketones (excluding diaryl/α,β-unsaturated/α-hetero) is 1. The number of carboxylic acids is 1. The first-order valence-electron chi connectivity index (χ1n) is 4.93. The molecule has 0 saturated carbocycles. The van der Waals surface area contributed by atoms with Gasteiger partial charge in [-0.3, -0.25) is 4.79 Å². The van der Waals surface area contributed by atoms with Crippen LogP contribution in [0.4, 0.5) is 5.13 Å². The Morgan fingerprint density at radius 1 is 1.50 bits per heavy atom. The largest absolute Gasteiger partial charge is 0.476 e. The Labute approximate surface area is 97.7 Å². The lowest BCUT2D eigenvalue weighted by atomic mass is 10.3. The van der Waals surface area contributed by atoms with E-state index in [2.05, 4.69) is 4.98 Å². The number of ketones is 1. The summed E-state index contributed by atoms with van der Waals surface area (Å²) < 4.78 is 0. The second-order valence-electron chi connectivity index (χ2n) is 3.46. The van der Waals surface area contributed by atoms with Gasteiger partial charge >= 0.3 is 5.97 Å². The molecule has 1 aromatic rings. The summed E-state index contributed by atoms with van der Waals surface area (Å²) in [6, 6.07) is 0. The molecule has 0 spiro atoms. The zero-order valence-corrected chi connectivity index (χ0v) is 10.3. The third-order valence-corrected chi connectivity index (χ3v) is 3.29. The van der Waals surface area contributed by atoms with Gasteiger partial charge in [0.1, 0.15) is 4.88 Å². The predicted molar refractivity (Wildman–Crippen MR) is 62.6 cm³/mol. The maximum absolute atomic E-state index is 11.3. The Morgan fingerprint density at radius 3 is 2.50 bits per heavy atom. The average Bonchev–Trinajstić information content (AvgIpc) is 2.62. The SMILES string of the molecule is CCCN(C)c1nc(C(=O)O)c(C(C)=O)s1. The molecular weight excluding hydrogens is 228 g/mol. The van der Waals surface area contributed by atoms with Gasteiger partial charge in [0.05, 0.1) is 0 Å². The van der Waals surface area contributed by atoms with Crippen LogP contribution >= 0.6 is 11.3 Å². The highest BCUT2D eigenvalue weighted by Crippen LogP contribution is 2.26. The summed E-state index contributed by atoms with van der Waals surface area (Å²) in [6.07, 6.45) is 0.938. The van der Waals surface area contributed by atoms with Crippen LogP contribution in [0, 0.1) is 0 Å². The van der Waals surface area contributed by atoms with E-state index in [0.29, 0.717) is 5.13 Å². The number of aromatic carboxylic acids is 1. The van der Waals surface area contributed by atoms with E-state index >= 15 is 0 Å². The van der Waals surface area contributed by atoms with E-state index in [1.165, 1.54) is 6.92 Å². The summed E-state index contributed by atoms with van der Waals surface area (Å²) in [5.41, 5.74) is -0.143. The molecular formula is C10H14N2O3S. The summed E-state index contributed by atoms with van der Waals surface area (Å²) in [7, 11) is 1.83. The van der Waals surface area contributed by atoms with Gasteiger partial charge in [0.15, 0.2) is 16.6 Å². The Hall–Kier alpha value is -1.43. The lowest BCUT2D eigenvalue weighted by Crippen LogP contribution is -2.17. The average molecular weight is 242 g/mol. The van der Waals surface area contributed by atoms with E-state index in [-0.39, 0.29) is 16.4 Å². The van der Waals surface area contributed by atoms with Gasteiger partial charge in [-0.2, -0.15) is 0 Å². The molecule has 6 heteroatoms. The van der Waals surface area contributed by atoms with E-state index < -0.39 is 5.97 Å². The zero-order chi connectivity index (χ0) is 12.3. The van der Waals surface area contributed by atoms with Crippen molar-refractivity contribution in [3.05, 3.63) is 10.6 Å². The standard InChI is InChI=1S/C10H14N2O3S/c1-4-5-12(3)10-11-7(9(14)15)8(16-10)6(2)13/h4-5H2,1-3H3,(H,14,15). The first-order valence-corrected chi connectivity index (χ1v) is 5.75. The molecule has 1 rings (SSSR count). The van der Waals surface area contributed by atoms with E-state index in [1.807, 2.05) is 18.9 Å². The highest BCUT2D eigenvalue weighted by molar-refractivity contribution is 7.17. The van der Waals surface area contributed by atoms with Crippen molar-refractivity contribution in [1.82, 2.24) is 4.98 Å². The molecule has 1 heterocycles. The molecule has 0 aliphatic carbocycles. The van der Waals surface area contributed by atoms with Crippen LogP contribution in [0.2, 0.25) is 0 Å². The van der Waals surface area contributed by atoms with Crippen molar-refractivity contribution < 1.29 is 14.7 Å². The van der Waals surface area contributed by atoms with Crippen molar-refractivity contribution in [2.24, 2.45) is 0 Å². The molecule has 0 aliphatic rings. The van der Waals surface area contributed by atoms with Gasteiger partial charge in [0, 0.05) is 20.5 Å². The van der Waals surface area contributed by atoms with Gasteiger partial charge in [0.25, 0.3) is 0 Å². The fourth-order valence-electron chi connectivity index (χ4n) is 1.29. The van der Waals surface area contributed by atoms with Crippen LogP contribution in [-0.2, 0) is 0 Å². The third-order valence-electron chi connectivity index (χ3n) is 2.02. The number of carboxylic acid groups (broad SMARTS) is 1. The number of carbonyl (C=O) groups is 2. The molecule has 0 radical (unpaired) electrons. The molecule has 0 amide bonds. The molecule has 0 bridgehead atoms. The highest BCUT2D eigenvalue weighted by atomic mass is 32.1. The summed E-state index contributed by atoms with van der Waals surface area (Å²) >= 11 is 1.13. The summed E-state index contributed by atoms with van der Waals surface area (Å²) in [5, 5.41) is 9.49. The van der Waals surface area contributed by atoms with Crippen molar-refractivity contribution in [2.75, 3.05) is 18.5 Å². The molecule has 1 N–H and O–H groups in total. The minimum atomic E-state index is -1.16. The van der Waals surface area contributed by atoms with Gasteiger partial charge < -0.3 is 10.0 Å². The molecule has 0 atom stereocenters. The Morgan fingerprint density at radius 2 is 2.12 bits per heavy atom. The van der Waals surface area contributed by atoms with Crippen LogP contribution in [0.3, 0.4) is 0 Å². The lowest BCUT2D eigenvalue weighted by molar-refractivity contribution is 0.0687. The van der Waals surface area contributed by atoms with Gasteiger partial charge in [0.2, 0.25) is 0 Å². The third kappa shape index (κ3) is 2.57. The van der Waals surface area contributed by atoms with Crippen molar-refractivity contribution in [1.29, 1.82) is 0 Å². The maximum atomic E-state index is 11.3. The van der Waals surface area contributed by atoms with Crippen LogP contribution < -0.4 is 4.90 Å². The van der Waals surface area contributed by atoms with Crippen molar-refractivity contribution in [3.8, 4) is 0 Å². The molecule has 0 unspecified atom stereocenters. The molecule has 0 aliphatic heterocycles. The quantitative estimate of drug-likeness (QED) is 0.798. The van der Waals surface area contributed by atoms with Gasteiger partial charge in [-0.25, -0.2) is 9.78 Å². The highest BCUT2D eigenvalue weighted by Gasteiger charge is 2.21. The van der Waals surface area contributed by atoms with E-state index in [1.54, 1.807) is 0 Å². The molecule has 16 heavy (non-hydrogen) atoms. The van der Waals surface area contributed by atoms with Crippen molar-refractivity contribution in [2.45, 2.75) is 20.3 Å². The van der Waals surface area contributed by atoms with Crippen LogP contribution in [0.5, 0.6) is 0 Å². The predicted octanol–water partition coefficient (Wildman–Crippen LogP) is 1.89. The number of rotatable bonds is 5. The normalized spacial score (nSPS) is 10.2. The maximum Gasteiger partial charge on any atom is 0.356 e. The minimum absolute atomic E-state index is 0.143. The first-order chi connectivity index (χ1) is 7.47. The van der Waals surface area contributed by atoms with Crippen LogP contribution in [-0.4, -0.2) is 35.4 Å². The van der Waals surface area contributed by atoms with Crippen molar-refractivity contribution >= 4 is 28.2 Å². The summed E-state index contributed by atoms with van der Waals surface area (Å²) in [5.74, 6) is -1.41. The van der Waals surface area contributed by atoms with Crippen LogP contribution in [0.25, 0.3) is 0 Å². The van der Waals surface area contributed by atoms with Gasteiger partial charge in [-0.15, -0.1) is 0 Å². The summed E-state index contributed by atoms with van der Waals surface area (Å²) in [6.45, 7) is 4.15. The van der Waals surface area contributed by atoms with Gasteiger partial charge in [-0.1, -0.05) is 18.3 Å². The van der Waals surface area contributed by atoms with Crippen LogP contribution in [0.15, 0.2) is 0 Å². The second kappa shape index (κ2) is 5.07. The number of thiazole rings is 1. The number of nitrogens with zero attached hydrogens (tertiary/aromatic N) is 2. The van der Waals surface area contributed by atoms with Crippen molar-refractivity contribution in [3.63, 3.8) is 0 Å². The Bertz CT molecular complexity index is 383.